The summed E-state index contributed by atoms with van der Waals surface area (Å²) in [7, 11) is 8.21. The van der Waals surface area contributed by atoms with Crippen LogP contribution in [0.5, 0.6) is 0 Å². The lowest BCUT2D eigenvalue weighted by Crippen LogP contribution is -2.10. The SMILES string of the molecule is CN(C)Cc1ccc(-c2ccc(C(=O)c3ccc(-c4ccc(CN(C)C)cc4)c(-c4ccc(Cl)c(Cl)c4)c3)cc2-c2ccc(Cl)c(Cl)c2)cc1.Cl. The number of nitrogens with zero attached hydrogens (tertiary/aromatic N) is 2. The molecule has 51 heavy (non-hydrogen) atoms. The van der Waals surface area contributed by atoms with E-state index in [1.807, 2.05) is 60.7 Å². The molecule has 0 heterocycles. The second kappa shape index (κ2) is 16.8. The third kappa shape index (κ3) is 9.06. The van der Waals surface area contributed by atoms with Crippen LogP contribution in [0, 0.1) is 0 Å². The van der Waals surface area contributed by atoms with Crippen LogP contribution in [0.3, 0.4) is 0 Å². The van der Waals surface area contributed by atoms with Crippen LogP contribution in [-0.4, -0.2) is 43.8 Å². The highest BCUT2D eigenvalue weighted by Crippen LogP contribution is 2.39. The Morgan fingerprint density at radius 2 is 0.784 bits per heavy atom. The van der Waals surface area contributed by atoms with Crippen molar-refractivity contribution in [3.63, 3.8) is 0 Å². The summed E-state index contributed by atoms with van der Waals surface area (Å²) in [4.78, 5) is 18.6. The second-order valence-corrected chi connectivity index (χ2v) is 14.6. The van der Waals surface area contributed by atoms with Crippen molar-refractivity contribution in [1.82, 2.24) is 9.80 Å². The lowest BCUT2D eigenvalue weighted by Gasteiger charge is -2.16. The van der Waals surface area contributed by atoms with Gasteiger partial charge in [-0.15, -0.1) is 12.4 Å². The molecule has 0 N–H and O–H groups in total. The van der Waals surface area contributed by atoms with Crippen molar-refractivity contribution >= 4 is 64.6 Å². The monoisotopic (exact) mass is 772 g/mol. The van der Waals surface area contributed by atoms with Gasteiger partial charge >= 0.3 is 0 Å². The molecule has 6 rings (SSSR count). The number of carbonyl (C=O) groups excluding carboxylic acids is 1. The van der Waals surface area contributed by atoms with E-state index in [1.54, 1.807) is 12.1 Å². The van der Waals surface area contributed by atoms with Crippen LogP contribution in [0.2, 0.25) is 20.1 Å². The van der Waals surface area contributed by atoms with Gasteiger partial charge in [0.15, 0.2) is 5.78 Å². The second-order valence-electron chi connectivity index (χ2n) is 13.0. The summed E-state index contributed by atoms with van der Waals surface area (Å²) in [6.07, 6.45) is 0. The molecule has 0 fully saturated rings. The zero-order valence-electron chi connectivity index (χ0n) is 28.7. The van der Waals surface area contributed by atoms with E-state index in [9.17, 15) is 4.79 Å². The highest BCUT2D eigenvalue weighted by Gasteiger charge is 2.18. The largest absolute Gasteiger partial charge is 0.305 e. The summed E-state index contributed by atoms with van der Waals surface area (Å²) < 4.78 is 0. The molecule has 8 heteroatoms. The van der Waals surface area contributed by atoms with Gasteiger partial charge in [0.2, 0.25) is 0 Å². The van der Waals surface area contributed by atoms with Crippen molar-refractivity contribution < 1.29 is 4.79 Å². The van der Waals surface area contributed by atoms with Crippen LogP contribution >= 0.6 is 58.8 Å². The Balaban J connectivity index is 0.00000504. The fourth-order valence-electron chi connectivity index (χ4n) is 6.16. The minimum absolute atomic E-state index is 0. The van der Waals surface area contributed by atoms with Crippen LogP contribution in [0.15, 0.2) is 121 Å². The number of ketones is 1. The molecule has 0 spiro atoms. The molecule has 0 aliphatic heterocycles. The Morgan fingerprint density at radius 3 is 1.12 bits per heavy atom. The topological polar surface area (TPSA) is 23.6 Å². The molecule has 0 aliphatic rings. The molecule has 0 saturated heterocycles. The lowest BCUT2D eigenvalue weighted by atomic mass is 9.88. The van der Waals surface area contributed by atoms with E-state index in [0.29, 0.717) is 31.2 Å². The van der Waals surface area contributed by atoms with E-state index >= 15 is 0 Å². The molecule has 0 aliphatic carbocycles. The Labute approximate surface area is 326 Å². The first-order chi connectivity index (χ1) is 24.0. The molecule has 0 bridgehead atoms. The highest BCUT2D eigenvalue weighted by molar-refractivity contribution is 6.42. The third-order valence-corrected chi connectivity index (χ3v) is 10.0. The molecule has 3 nitrogen and oxygen atoms in total. The minimum Gasteiger partial charge on any atom is -0.305 e. The van der Waals surface area contributed by atoms with Gasteiger partial charge in [-0.3, -0.25) is 4.79 Å². The van der Waals surface area contributed by atoms with Crippen molar-refractivity contribution in [3.8, 4) is 44.5 Å². The Morgan fingerprint density at radius 1 is 0.431 bits per heavy atom. The summed E-state index contributed by atoms with van der Waals surface area (Å²) in [5, 5.41) is 1.84. The summed E-state index contributed by atoms with van der Waals surface area (Å²) in [6.45, 7) is 1.69. The standard InChI is InChI=1S/C43H36Cl4N2O.ClH/c1-48(2)25-27-5-9-29(10-6-27)35-17-13-33(21-37(35)31-15-19-39(44)41(46)23-31)43(50)34-14-18-36(30-11-7-28(8-12-30)26-49(3)4)38(22-34)32-16-20-40(45)42(47)24-32;/h5-24H,25-26H2,1-4H3;1H. The number of carbonyl (C=O) groups is 1. The molecule has 0 aromatic heterocycles. The minimum atomic E-state index is -0.103. The van der Waals surface area contributed by atoms with Crippen molar-refractivity contribution in [2.75, 3.05) is 28.2 Å². The predicted molar refractivity (Wildman–Crippen MR) is 220 cm³/mol. The van der Waals surface area contributed by atoms with Gasteiger partial charge in [-0.25, -0.2) is 0 Å². The van der Waals surface area contributed by atoms with Crippen LogP contribution < -0.4 is 0 Å². The van der Waals surface area contributed by atoms with E-state index in [-0.39, 0.29) is 18.2 Å². The van der Waals surface area contributed by atoms with Crippen LogP contribution in [0.4, 0.5) is 0 Å². The average molecular weight is 775 g/mol. The number of benzene rings is 6. The first-order valence-corrected chi connectivity index (χ1v) is 17.7. The maximum atomic E-state index is 14.3. The van der Waals surface area contributed by atoms with Gasteiger partial charge in [0.05, 0.1) is 20.1 Å². The van der Waals surface area contributed by atoms with E-state index < -0.39 is 0 Å². The molecule has 0 unspecified atom stereocenters. The predicted octanol–water partition coefficient (Wildman–Crippen LogP) is 12.7. The zero-order valence-corrected chi connectivity index (χ0v) is 32.5. The van der Waals surface area contributed by atoms with Gasteiger partial charge in [-0.2, -0.15) is 0 Å². The molecule has 0 atom stereocenters. The first-order valence-electron chi connectivity index (χ1n) is 16.2. The molecule has 0 radical (unpaired) electrons. The quantitative estimate of drug-likeness (QED) is 0.130. The first kappa shape index (κ1) is 38.6. The zero-order chi connectivity index (χ0) is 35.5. The molecule has 6 aromatic rings. The van der Waals surface area contributed by atoms with Gasteiger partial charge in [0.1, 0.15) is 0 Å². The fraction of sp³-hybridized carbons (Fsp3) is 0.140. The molecule has 260 valence electrons. The maximum absolute atomic E-state index is 14.3. The molecule has 6 aromatic carbocycles. The van der Waals surface area contributed by atoms with E-state index in [0.717, 1.165) is 57.6 Å². The number of halogens is 5. The van der Waals surface area contributed by atoms with Gasteiger partial charge in [0.25, 0.3) is 0 Å². The lowest BCUT2D eigenvalue weighted by molar-refractivity contribution is 0.103. The van der Waals surface area contributed by atoms with Crippen LogP contribution in [0.25, 0.3) is 44.5 Å². The highest BCUT2D eigenvalue weighted by atomic mass is 35.5. The van der Waals surface area contributed by atoms with Crippen molar-refractivity contribution in [2.45, 2.75) is 13.1 Å². The summed E-state index contributed by atoms with van der Waals surface area (Å²) >= 11 is 25.6. The van der Waals surface area contributed by atoms with E-state index in [1.165, 1.54) is 11.1 Å². The van der Waals surface area contributed by atoms with E-state index in [2.05, 4.69) is 86.5 Å². The van der Waals surface area contributed by atoms with Crippen molar-refractivity contribution in [2.24, 2.45) is 0 Å². The Kier molecular flexibility index (Phi) is 12.7. The summed E-state index contributed by atoms with van der Waals surface area (Å²) in [5.74, 6) is -0.103. The van der Waals surface area contributed by atoms with Crippen LogP contribution in [-0.2, 0) is 13.1 Å². The number of rotatable bonds is 10. The molecular weight excluding hydrogens is 738 g/mol. The molecular formula is C43H37Cl5N2O. The Bertz CT molecular complexity index is 2020. The smallest absolute Gasteiger partial charge is 0.193 e. The number of hydrogen-bond acceptors (Lipinski definition) is 3. The normalized spacial score (nSPS) is 11.2. The average Bonchev–Trinajstić information content (AvgIpc) is 3.10. The Hall–Kier alpha value is -3.64. The summed E-state index contributed by atoms with van der Waals surface area (Å²) in [5.41, 5.74) is 11.1. The van der Waals surface area contributed by atoms with Gasteiger partial charge in [-0.05, 0) is 120 Å². The molecule has 0 saturated carbocycles. The fourth-order valence-corrected chi connectivity index (χ4v) is 6.75. The van der Waals surface area contributed by atoms with Gasteiger partial charge < -0.3 is 9.80 Å². The van der Waals surface area contributed by atoms with Crippen molar-refractivity contribution in [1.29, 1.82) is 0 Å². The van der Waals surface area contributed by atoms with Crippen LogP contribution in [0.1, 0.15) is 27.0 Å². The van der Waals surface area contributed by atoms with Gasteiger partial charge in [-0.1, -0.05) is 131 Å². The van der Waals surface area contributed by atoms with Crippen molar-refractivity contribution in [3.05, 3.63) is 164 Å². The summed E-state index contributed by atoms with van der Waals surface area (Å²) in [6, 6.07) is 39.8. The third-order valence-electron chi connectivity index (χ3n) is 8.55. The van der Waals surface area contributed by atoms with Gasteiger partial charge in [0, 0.05) is 24.2 Å². The number of hydrogen-bond donors (Lipinski definition) is 0. The van der Waals surface area contributed by atoms with E-state index in [4.69, 9.17) is 46.4 Å². The maximum Gasteiger partial charge on any atom is 0.193 e. The molecule has 0 amide bonds.